The summed E-state index contributed by atoms with van der Waals surface area (Å²) in [4.78, 5) is 24.1. The number of benzene rings is 2. The van der Waals surface area contributed by atoms with Crippen molar-refractivity contribution >= 4 is 29.3 Å². The Morgan fingerprint density at radius 1 is 1.09 bits per heavy atom. The van der Waals surface area contributed by atoms with Gasteiger partial charge in [0.05, 0.1) is 17.9 Å². The third kappa shape index (κ3) is 6.58. The highest BCUT2D eigenvalue weighted by atomic mass is 32.2. The van der Waals surface area contributed by atoms with Crippen LogP contribution >= 0.6 is 11.8 Å². The monoisotopic (exact) mass is 468 g/mol. The lowest BCUT2D eigenvalue weighted by molar-refractivity contribution is -0.113. The molecule has 0 saturated carbocycles. The van der Waals surface area contributed by atoms with Crippen molar-refractivity contribution in [3.63, 3.8) is 0 Å². The molecule has 9 heteroatoms. The average Bonchev–Trinajstić information content (AvgIpc) is 3.12. The lowest BCUT2D eigenvalue weighted by Crippen LogP contribution is -2.15. The summed E-state index contributed by atoms with van der Waals surface area (Å²) in [5.41, 5.74) is 3.30. The van der Waals surface area contributed by atoms with Gasteiger partial charge >= 0.3 is 5.97 Å². The average molecular weight is 469 g/mol. The number of hydrogen-bond donors (Lipinski definition) is 1. The first-order chi connectivity index (χ1) is 15.8. The van der Waals surface area contributed by atoms with Crippen molar-refractivity contribution in [3.05, 3.63) is 65.0 Å². The molecule has 0 bridgehead atoms. The number of rotatable bonds is 9. The smallest absolute Gasteiger partial charge is 0.338 e. The van der Waals surface area contributed by atoms with Gasteiger partial charge in [-0.3, -0.25) is 4.79 Å². The molecule has 1 unspecified atom stereocenters. The maximum Gasteiger partial charge on any atom is 0.338 e. The molecule has 0 saturated heterocycles. The number of aromatic nitrogens is 3. The molecule has 0 aliphatic rings. The van der Waals surface area contributed by atoms with Gasteiger partial charge in [-0.25, -0.2) is 4.79 Å². The number of carbonyl (C=O) groups excluding carboxylic acids is 2. The van der Waals surface area contributed by atoms with Gasteiger partial charge in [0.1, 0.15) is 5.75 Å². The number of anilines is 1. The van der Waals surface area contributed by atoms with E-state index in [2.05, 4.69) is 21.6 Å². The maximum absolute atomic E-state index is 12.4. The largest absolute Gasteiger partial charge is 0.483 e. The number of nitrogens with one attached hydrogen (secondary N) is 1. The van der Waals surface area contributed by atoms with E-state index in [1.165, 1.54) is 11.8 Å². The van der Waals surface area contributed by atoms with Crippen molar-refractivity contribution in [3.8, 4) is 5.75 Å². The van der Waals surface area contributed by atoms with Crippen molar-refractivity contribution in [1.82, 2.24) is 14.8 Å². The molecule has 0 spiro atoms. The van der Waals surface area contributed by atoms with Gasteiger partial charge in [0, 0.05) is 12.7 Å². The fourth-order valence-electron chi connectivity index (χ4n) is 3.29. The number of carbonyl (C=O) groups is 2. The van der Waals surface area contributed by atoms with E-state index < -0.39 is 0 Å². The third-order valence-electron chi connectivity index (χ3n) is 4.75. The molecule has 1 heterocycles. The highest BCUT2D eigenvalue weighted by Gasteiger charge is 2.18. The van der Waals surface area contributed by atoms with Crippen molar-refractivity contribution in [1.29, 1.82) is 0 Å². The fraction of sp³-hybridized carbons (Fsp3) is 0.333. The molecular weight excluding hydrogens is 440 g/mol. The van der Waals surface area contributed by atoms with Crippen molar-refractivity contribution in [2.24, 2.45) is 7.05 Å². The van der Waals surface area contributed by atoms with Crippen LogP contribution in [0.3, 0.4) is 0 Å². The molecule has 3 rings (SSSR count). The summed E-state index contributed by atoms with van der Waals surface area (Å²) in [6.45, 7) is 8.04. The second-order valence-corrected chi connectivity index (χ2v) is 8.56. The van der Waals surface area contributed by atoms with Crippen LogP contribution in [0.5, 0.6) is 5.75 Å². The van der Waals surface area contributed by atoms with Gasteiger partial charge in [0.25, 0.3) is 0 Å². The van der Waals surface area contributed by atoms with Crippen LogP contribution in [0.25, 0.3) is 0 Å². The Bertz CT molecular complexity index is 1110. The van der Waals surface area contributed by atoms with Crippen LogP contribution in [-0.4, -0.2) is 39.0 Å². The second-order valence-electron chi connectivity index (χ2n) is 7.62. The molecule has 0 fully saturated rings. The molecule has 174 valence electrons. The highest BCUT2D eigenvalue weighted by Crippen LogP contribution is 2.25. The van der Waals surface area contributed by atoms with Crippen LogP contribution in [0.1, 0.15) is 47.3 Å². The summed E-state index contributed by atoms with van der Waals surface area (Å²) in [5.74, 6) is 1.04. The maximum atomic E-state index is 12.4. The van der Waals surface area contributed by atoms with Crippen LogP contribution in [0.4, 0.5) is 5.69 Å². The first-order valence-corrected chi connectivity index (χ1v) is 11.6. The minimum Gasteiger partial charge on any atom is -0.483 e. The number of nitrogens with zero attached hydrogens (tertiary/aromatic N) is 3. The SMILES string of the molecule is CCOC(=O)c1ccc(NC(=O)CSc2nnc(C(C)Oc3cc(C)cc(C)c3)n2C)cc1. The van der Waals surface area contributed by atoms with Gasteiger partial charge in [0.15, 0.2) is 17.1 Å². The summed E-state index contributed by atoms with van der Waals surface area (Å²) in [6, 6.07) is 12.6. The Morgan fingerprint density at radius 2 is 1.76 bits per heavy atom. The minimum atomic E-state index is -0.389. The first-order valence-electron chi connectivity index (χ1n) is 10.6. The molecule has 1 atom stereocenters. The number of ether oxygens (including phenoxy) is 2. The zero-order chi connectivity index (χ0) is 24.0. The Labute approximate surface area is 197 Å². The van der Waals surface area contributed by atoms with E-state index in [1.54, 1.807) is 31.2 Å². The quantitative estimate of drug-likeness (QED) is 0.365. The Morgan fingerprint density at radius 3 is 2.39 bits per heavy atom. The van der Waals surface area contributed by atoms with Crippen LogP contribution in [0, 0.1) is 13.8 Å². The second kappa shape index (κ2) is 11.0. The van der Waals surface area contributed by atoms with E-state index in [0.717, 1.165) is 16.9 Å². The van der Waals surface area contributed by atoms with E-state index in [1.807, 2.05) is 44.5 Å². The summed E-state index contributed by atoms with van der Waals surface area (Å²) in [5, 5.41) is 11.9. The van der Waals surface area contributed by atoms with Gasteiger partial charge in [-0.05, 0) is 75.2 Å². The number of amides is 1. The molecule has 33 heavy (non-hydrogen) atoms. The number of esters is 1. The normalized spacial score (nSPS) is 11.7. The summed E-state index contributed by atoms with van der Waals surface area (Å²) in [6.07, 6.45) is -0.301. The minimum absolute atomic E-state index is 0.165. The first kappa shape index (κ1) is 24.3. The molecule has 0 radical (unpaired) electrons. The molecule has 8 nitrogen and oxygen atoms in total. The summed E-state index contributed by atoms with van der Waals surface area (Å²) >= 11 is 1.29. The lowest BCUT2D eigenvalue weighted by atomic mass is 10.1. The van der Waals surface area contributed by atoms with E-state index >= 15 is 0 Å². The number of aryl methyl sites for hydroxylation is 2. The van der Waals surface area contributed by atoms with E-state index in [4.69, 9.17) is 9.47 Å². The van der Waals surface area contributed by atoms with Crippen LogP contribution in [0.2, 0.25) is 0 Å². The van der Waals surface area contributed by atoms with Gasteiger partial charge in [-0.15, -0.1) is 10.2 Å². The molecule has 2 aromatic carbocycles. The van der Waals surface area contributed by atoms with Gasteiger partial charge in [-0.2, -0.15) is 0 Å². The van der Waals surface area contributed by atoms with E-state index in [-0.39, 0.29) is 23.7 Å². The summed E-state index contributed by atoms with van der Waals surface area (Å²) < 4.78 is 12.8. The van der Waals surface area contributed by atoms with Crippen molar-refractivity contribution in [2.75, 3.05) is 17.7 Å². The Hall–Kier alpha value is -3.33. The van der Waals surface area contributed by atoms with Gasteiger partial charge < -0.3 is 19.4 Å². The van der Waals surface area contributed by atoms with Crippen LogP contribution in [0.15, 0.2) is 47.6 Å². The van der Waals surface area contributed by atoms with Crippen molar-refractivity contribution < 1.29 is 19.1 Å². The van der Waals surface area contributed by atoms with Crippen LogP contribution in [-0.2, 0) is 16.6 Å². The third-order valence-corrected chi connectivity index (χ3v) is 5.77. The fourth-order valence-corrected chi connectivity index (χ4v) is 4.01. The highest BCUT2D eigenvalue weighted by molar-refractivity contribution is 7.99. The molecule has 0 aliphatic heterocycles. The number of thioether (sulfide) groups is 1. The molecule has 3 aromatic rings. The summed E-state index contributed by atoms with van der Waals surface area (Å²) in [7, 11) is 1.85. The Balaban J connectivity index is 1.55. The zero-order valence-corrected chi connectivity index (χ0v) is 20.2. The number of hydrogen-bond acceptors (Lipinski definition) is 7. The predicted octanol–water partition coefficient (Wildman–Crippen LogP) is 4.48. The standard InChI is InChI=1S/C24H28N4O4S/c1-6-31-23(30)18-7-9-19(10-8-18)25-21(29)14-33-24-27-26-22(28(24)5)17(4)32-20-12-15(2)11-16(3)13-20/h7-13,17H,6,14H2,1-5H3,(H,25,29). The van der Waals surface area contributed by atoms with Gasteiger partial charge in [0.2, 0.25) is 5.91 Å². The van der Waals surface area contributed by atoms with Gasteiger partial charge in [-0.1, -0.05) is 17.8 Å². The topological polar surface area (TPSA) is 95.3 Å². The molecular formula is C24H28N4O4S. The predicted molar refractivity (Wildman–Crippen MR) is 128 cm³/mol. The molecule has 1 amide bonds. The molecule has 0 aliphatic carbocycles. The Kier molecular flexibility index (Phi) is 8.11. The lowest BCUT2D eigenvalue weighted by Gasteiger charge is -2.15. The van der Waals surface area contributed by atoms with E-state index in [9.17, 15) is 9.59 Å². The zero-order valence-electron chi connectivity index (χ0n) is 19.4. The van der Waals surface area contributed by atoms with Crippen molar-refractivity contribution in [2.45, 2.75) is 39.0 Å². The van der Waals surface area contributed by atoms with E-state index in [0.29, 0.717) is 28.8 Å². The van der Waals surface area contributed by atoms with Crippen LogP contribution < -0.4 is 10.1 Å². The molecule has 1 aromatic heterocycles. The molecule has 1 N–H and O–H groups in total.